The molecule has 0 radical (unpaired) electrons. The Bertz CT molecular complexity index is 1270. The van der Waals surface area contributed by atoms with Crippen LogP contribution >= 0.6 is 23.2 Å². The summed E-state index contributed by atoms with van der Waals surface area (Å²) in [5.41, 5.74) is 1.44. The van der Waals surface area contributed by atoms with Crippen LogP contribution in [0.2, 0.25) is 10.4 Å². The number of ether oxygens (including phenoxy) is 1. The summed E-state index contributed by atoms with van der Waals surface area (Å²) < 4.78 is 5.64. The van der Waals surface area contributed by atoms with Crippen molar-refractivity contribution < 1.29 is 9.53 Å². The molecule has 0 spiro atoms. The van der Waals surface area contributed by atoms with Gasteiger partial charge in [0.05, 0.1) is 22.0 Å². The number of hydrogen-bond donors (Lipinski definition) is 0. The molecule has 0 atom stereocenters. The predicted octanol–water partition coefficient (Wildman–Crippen LogP) is 6.10. The lowest BCUT2D eigenvalue weighted by Crippen LogP contribution is -2.25. The molecule has 0 N–H and O–H groups in total. The maximum Gasteiger partial charge on any atom is 0.316 e. The second-order valence-electron chi connectivity index (χ2n) is 7.70. The molecule has 0 amide bonds. The highest BCUT2D eigenvalue weighted by Crippen LogP contribution is 2.34. The molecule has 29 heavy (non-hydrogen) atoms. The van der Waals surface area contributed by atoms with Crippen molar-refractivity contribution in [1.29, 1.82) is 0 Å². The van der Waals surface area contributed by atoms with Crippen molar-refractivity contribution in [3.8, 4) is 17.0 Å². The first-order valence-corrected chi connectivity index (χ1v) is 9.72. The number of fused-ring (bicyclic) bond motifs is 2. The van der Waals surface area contributed by atoms with Gasteiger partial charge in [-0.1, -0.05) is 35.9 Å². The van der Waals surface area contributed by atoms with E-state index in [1.165, 1.54) is 0 Å². The van der Waals surface area contributed by atoms with E-state index in [1.807, 2.05) is 57.2 Å². The summed E-state index contributed by atoms with van der Waals surface area (Å²) in [5, 5.41) is 2.83. The minimum atomic E-state index is -0.614. The van der Waals surface area contributed by atoms with Crippen LogP contribution in [0.1, 0.15) is 20.8 Å². The van der Waals surface area contributed by atoms with Crippen LogP contribution in [0, 0.1) is 5.41 Å². The summed E-state index contributed by atoms with van der Waals surface area (Å²) in [5.74, 6) is 0.149. The highest BCUT2D eigenvalue weighted by atomic mass is 35.5. The van der Waals surface area contributed by atoms with Crippen LogP contribution in [0.4, 0.5) is 0 Å². The fourth-order valence-electron chi connectivity index (χ4n) is 2.92. The number of aromatic nitrogens is 3. The number of carbonyl (C=O) groups excluding carboxylic acids is 1. The van der Waals surface area contributed by atoms with Crippen molar-refractivity contribution in [1.82, 2.24) is 15.0 Å². The summed E-state index contributed by atoms with van der Waals surface area (Å²) in [4.78, 5) is 25.1. The Morgan fingerprint density at radius 2 is 1.76 bits per heavy atom. The van der Waals surface area contributed by atoms with Gasteiger partial charge in [0.1, 0.15) is 10.9 Å². The predicted molar refractivity (Wildman–Crippen MR) is 115 cm³/mol. The van der Waals surface area contributed by atoms with Gasteiger partial charge in [0.15, 0.2) is 0 Å². The molecule has 0 fully saturated rings. The van der Waals surface area contributed by atoms with Gasteiger partial charge in [0, 0.05) is 11.8 Å². The molecule has 0 saturated carbocycles. The second-order valence-corrected chi connectivity index (χ2v) is 8.40. The Morgan fingerprint density at radius 1 is 1.00 bits per heavy atom. The first-order valence-electron chi connectivity index (χ1n) is 8.96. The van der Waals surface area contributed by atoms with Crippen molar-refractivity contribution in [2.75, 3.05) is 0 Å². The van der Waals surface area contributed by atoms with Gasteiger partial charge in [-0.25, -0.2) is 9.97 Å². The summed E-state index contributed by atoms with van der Waals surface area (Å²) in [7, 11) is 0. The first kappa shape index (κ1) is 19.6. The molecule has 0 aliphatic rings. The third kappa shape index (κ3) is 3.88. The summed E-state index contributed by atoms with van der Waals surface area (Å²) in [6, 6.07) is 13.3. The van der Waals surface area contributed by atoms with Crippen LogP contribution < -0.4 is 4.74 Å². The SMILES string of the molecule is CC(C)(C)C(=O)Oc1cc(-c2cc3nc(Cl)nc(Cl)c3cn2)c2ccccc2c1. The maximum atomic E-state index is 12.4. The third-order valence-corrected chi connectivity index (χ3v) is 4.90. The lowest BCUT2D eigenvalue weighted by atomic mass is 9.97. The average molecular weight is 426 g/mol. The van der Waals surface area contributed by atoms with E-state index in [1.54, 1.807) is 12.3 Å². The quantitative estimate of drug-likeness (QED) is 0.168. The van der Waals surface area contributed by atoms with Crippen molar-refractivity contribution in [3.63, 3.8) is 0 Å². The molecular formula is C22H17Cl2N3O2. The molecule has 2 aromatic heterocycles. The zero-order valence-electron chi connectivity index (χ0n) is 16.0. The highest BCUT2D eigenvalue weighted by molar-refractivity contribution is 6.35. The molecule has 4 aromatic rings. The number of halogens is 2. The molecule has 7 heteroatoms. The molecule has 0 unspecified atom stereocenters. The summed E-state index contributed by atoms with van der Waals surface area (Å²) >= 11 is 12.1. The van der Waals surface area contributed by atoms with Gasteiger partial charge in [0.25, 0.3) is 0 Å². The topological polar surface area (TPSA) is 65.0 Å². The normalized spacial score (nSPS) is 11.8. The number of pyridine rings is 1. The Morgan fingerprint density at radius 3 is 2.52 bits per heavy atom. The van der Waals surface area contributed by atoms with E-state index < -0.39 is 5.41 Å². The van der Waals surface area contributed by atoms with Crippen LogP contribution in [0.15, 0.2) is 48.7 Å². The van der Waals surface area contributed by atoms with Crippen LogP contribution in [0.25, 0.3) is 32.9 Å². The van der Waals surface area contributed by atoms with Gasteiger partial charge in [0.2, 0.25) is 5.28 Å². The lowest BCUT2D eigenvalue weighted by molar-refractivity contribution is -0.142. The largest absolute Gasteiger partial charge is 0.426 e. The third-order valence-electron chi connectivity index (χ3n) is 4.44. The van der Waals surface area contributed by atoms with E-state index in [0.717, 1.165) is 16.3 Å². The van der Waals surface area contributed by atoms with Gasteiger partial charge < -0.3 is 4.74 Å². The number of hydrogen-bond acceptors (Lipinski definition) is 5. The van der Waals surface area contributed by atoms with Crippen LogP contribution in [-0.4, -0.2) is 20.9 Å². The zero-order valence-corrected chi connectivity index (χ0v) is 17.5. The number of carbonyl (C=O) groups is 1. The van der Waals surface area contributed by atoms with Crippen molar-refractivity contribution in [2.24, 2.45) is 5.41 Å². The van der Waals surface area contributed by atoms with Crippen LogP contribution in [-0.2, 0) is 4.79 Å². The van der Waals surface area contributed by atoms with E-state index >= 15 is 0 Å². The van der Waals surface area contributed by atoms with Gasteiger partial charge in [-0.15, -0.1) is 0 Å². The molecule has 0 saturated heterocycles. The molecule has 2 heterocycles. The zero-order chi connectivity index (χ0) is 20.8. The molecule has 2 aromatic carbocycles. The molecule has 0 aliphatic heterocycles. The van der Waals surface area contributed by atoms with Crippen LogP contribution in [0.5, 0.6) is 5.75 Å². The number of rotatable bonds is 2. The number of benzene rings is 2. The monoisotopic (exact) mass is 425 g/mol. The standard InChI is InChI=1S/C22H17Cl2N3O2/c1-22(2,3)20(28)29-13-8-12-6-4-5-7-14(12)15(9-13)17-10-18-16(11-25-17)19(23)27-21(24)26-18/h4-11H,1-3H3. The van der Waals surface area contributed by atoms with Crippen molar-refractivity contribution in [3.05, 3.63) is 59.1 Å². The Balaban J connectivity index is 1.90. The van der Waals surface area contributed by atoms with Gasteiger partial charge in [-0.3, -0.25) is 9.78 Å². The fourth-order valence-corrected chi connectivity index (χ4v) is 3.37. The Hall–Kier alpha value is -2.76. The van der Waals surface area contributed by atoms with Gasteiger partial charge in [-0.05, 0) is 61.3 Å². The minimum absolute atomic E-state index is 0.0670. The molecule has 0 aliphatic carbocycles. The average Bonchev–Trinajstić information content (AvgIpc) is 2.66. The van der Waals surface area contributed by atoms with Gasteiger partial charge in [-0.2, -0.15) is 0 Å². The van der Waals surface area contributed by atoms with E-state index in [0.29, 0.717) is 22.3 Å². The van der Waals surface area contributed by atoms with Crippen molar-refractivity contribution >= 4 is 50.8 Å². The lowest BCUT2D eigenvalue weighted by Gasteiger charge is -2.17. The first-order chi connectivity index (χ1) is 13.7. The Kier molecular flexibility index (Phi) is 4.89. The Labute approximate surface area is 177 Å². The van der Waals surface area contributed by atoms with E-state index in [2.05, 4.69) is 15.0 Å². The van der Waals surface area contributed by atoms with Gasteiger partial charge >= 0.3 is 5.97 Å². The smallest absolute Gasteiger partial charge is 0.316 e. The minimum Gasteiger partial charge on any atom is -0.426 e. The maximum absolute atomic E-state index is 12.4. The summed E-state index contributed by atoms with van der Waals surface area (Å²) in [6.07, 6.45) is 1.62. The second kappa shape index (κ2) is 7.25. The molecular weight excluding hydrogens is 409 g/mol. The van der Waals surface area contributed by atoms with E-state index in [-0.39, 0.29) is 16.4 Å². The fraction of sp³-hybridized carbons (Fsp3) is 0.182. The molecule has 5 nitrogen and oxygen atoms in total. The van der Waals surface area contributed by atoms with Crippen molar-refractivity contribution in [2.45, 2.75) is 20.8 Å². The summed E-state index contributed by atoms with van der Waals surface area (Å²) in [6.45, 7) is 5.44. The number of esters is 1. The molecule has 146 valence electrons. The number of nitrogens with zero attached hydrogens (tertiary/aromatic N) is 3. The van der Waals surface area contributed by atoms with E-state index in [4.69, 9.17) is 27.9 Å². The molecule has 0 bridgehead atoms. The van der Waals surface area contributed by atoms with E-state index in [9.17, 15) is 4.79 Å². The van der Waals surface area contributed by atoms with Crippen LogP contribution in [0.3, 0.4) is 0 Å². The highest BCUT2D eigenvalue weighted by Gasteiger charge is 2.24. The molecule has 4 rings (SSSR count).